The number of H-pyrrole nitrogens is 1. The van der Waals surface area contributed by atoms with E-state index in [1.807, 2.05) is 0 Å². The number of nitro groups is 1. The van der Waals surface area contributed by atoms with Crippen molar-refractivity contribution in [1.29, 1.82) is 0 Å². The summed E-state index contributed by atoms with van der Waals surface area (Å²) >= 11 is 0. The van der Waals surface area contributed by atoms with Gasteiger partial charge in [-0.25, -0.2) is 4.98 Å². The first-order chi connectivity index (χ1) is 10.1. The van der Waals surface area contributed by atoms with Crippen molar-refractivity contribution in [3.63, 3.8) is 0 Å². The van der Waals surface area contributed by atoms with Gasteiger partial charge in [-0.3, -0.25) is 20.0 Å². The van der Waals surface area contributed by atoms with Crippen molar-refractivity contribution in [2.45, 2.75) is 6.42 Å². The Hall–Kier alpha value is -2.97. The predicted molar refractivity (Wildman–Crippen MR) is 72.1 cm³/mol. The first kappa shape index (κ1) is 14.4. The quantitative estimate of drug-likeness (QED) is 0.596. The number of nitrogens with one attached hydrogen (secondary N) is 2. The number of amides is 1. The molecule has 9 nitrogen and oxygen atoms in total. The van der Waals surface area contributed by atoms with Gasteiger partial charge >= 0.3 is 5.69 Å². The Balaban J connectivity index is 2.08. The topological polar surface area (TPSA) is 123 Å². The summed E-state index contributed by atoms with van der Waals surface area (Å²) in [7, 11) is 1.29. The van der Waals surface area contributed by atoms with E-state index < -0.39 is 10.8 Å². The van der Waals surface area contributed by atoms with Crippen LogP contribution in [0.25, 0.3) is 0 Å². The number of hydrogen-bond donors (Lipinski definition) is 2. The van der Waals surface area contributed by atoms with Crippen molar-refractivity contribution in [1.82, 2.24) is 20.5 Å². The highest BCUT2D eigenvalue weighted by Crippen LogP contribution is 2.30. The summed E-state index contributed by atoms with van der Waals surface area (Å²) < 4.78 is 4.98. The number of carbonyl (C=O) groups is 1. The highest BCUT2D eigenvalue weighted by Gasteiger charge is 2.22. The molecule has 0 atom stereocenters. The first-order valence-corrected chi connectivity index (χ1v) is 6.07. The molecule has 0 aliphatic rings. The van der Waals surface area contributed by atoms with Crippen molar-refractivity contribution in [3.05, 3.63) is 46.0 Å². The molecule has 0 aliphatic heterocycles. The van der Waals surface area contributed by atoms with Gasteiger partial charge in [0.1, 0.15) is 12.2 Å². The smallest absolute Gasteiger partial charge is 0.311 e. The molecule has 9 heteroatoms. The number of benzene rings is 1. The van der Waals surface area contributed by atoms with Gasteiger partial charge in [-0.05, 0) is 6.07 Å². The molecule has 0 radical (unpaired) electrons. The van der Waals surface area contributed by atoms with E-state index in [-0.39, 0.29) is 17.0 Å². The third kappa shape index (κ3) is 3.32. The standard InChI is InChI=1S/C12H13N5O4/c1-21-11-8(3-2-4-9(11)17(19)20)12(18)13-6-5-10-14-7-15-16-10/h2-4,7H,5-6H2,1H3,(H,13,18)(H,14,15,16). The van der Waals surface area contributed by atoms with Crippen LogP contribution in [0.5, 0.6) is 5.75 Å². The number of nitrogens with zero attached hydrogens (tertiary/aromatic N) is 3. The third-order valence-electron chi connectivity index (χ3n) is 2.75. The second-order valence-electron chi connectivity index (χ2n) is 4.05. The van der Waals surface area contributed by atoms with Gasteiger partial charge in [-0.2, -0.15) is 5.10 Å². The summed E-state index contributed by atoms with van der Waals surface area (Å²) in [6, 6.07) is 4.19. The largest absolute Gasteiger partial charge is 0.490 e. The van der Waals surface area contributed by atoms with E-state index in [9.17, 15) is 14.9 Å². The van der Waals surface area contributed by atoms with Crippen LogP contribution in [-0.4, -0.2) is 39.7 Å². The zero-order valence-electron chi connectivity index (χ0n) is 11.2. The Kier molecular flexibility index (Phi) is 4.44. The summed E-state index contributed by atoms with van der Waals surface area (Å²) in [6.45, 7) is 0.319. The van der Waals surface area contributed by atoms with E-state index in [1.165, 1.54) is 31.6 Å². The number of methoxy groups -OCH3 is 1. The molecule has 0 aliphatic carbocycles. The van der Waals surface area contributed by atoms with Crippen LogP contribution in [-0.2, 0) is 6.42 Å². The summed E-state index contributed by atoms with van der Waals surface area (Å²) in [5.41, 5.74) is -0.135. The maximum atomic E-state index is 12.1. The molecule has 1 aromatic carbocycles. The van der Waals surface area contributed by atoms with E-state index in [0.29, 0.717) is 18.8 Å². The number of ether oxygens (including phenoxy) is 1. The van der Waals surface area contributed by atoms with Crippen LogP contribution in [0.3, 0.4) is 0 Å². The lowest BCUT2D eigenvalue weighted by Crippen LogP contribution is -2.26. The van der Waals surface area contributed by atoms with Crippen LogP contribution in [0.2, 0.25) is 0 Å². The van der Waals surface area contributed by atoms with Gasteiger partial charge in [-0.1, -0.05) is 6.07 Å². The minimum Gasteiger partial charge on any atom is -0.490 e. The molecule has 2 N–H and O–H groups in total. The molecule has 2 aromatic rings. The molecule has 1 heterocycles. The monoisotopic (exact) mass is 291 g/mol. The van der Waals surface area contributed by atoms with E-state index in [4.69, 9.17) is 4.74 Å². The molecule has 0 saturated carbocycles. The fraction of sp³-hybridized carbons (Fsp3) is 0.250. The highest BCUT2D eigenvalue weighted by molar-refractivity contribution is 5.98. The average Bonchev–Trinajstić information content (AvgIpc) is 2.99. The Labute approximate surface area is 119 Å². The maximum absolute atomic E-state index is 12.1. The molecule has 110 valence electrons. The van der Waals surface area contributed by atoms with E-state index in [2.05, 4.69) is 20.5 Å². The minimum atomic E-state index is -0.593. The Morgan fingerprint density at radius 2 is 2.33 bits per heavy atom. The van der Waals surface area contributed by atoms with Crippen LogP contribution in [0, 0.1) is 10.1 Å². The number of hydrogen-bond acceptors (Lipinski definition) is 6. The minimum absolute atomic E-state index is 0.0559. The lowest BCUT2D eigenvalue weighted by atomic mass is 10.1. The maximum Gasteiger partial charge on any atom is 0.311 e. The average molecular weight is 291 g/mol. The predicted octanol–water partition coefficient (Wildman–Crippen LogP) is 0.694. The van der Waals surface area contributed by atoms with Gasteiger partial charge in [0, 0.05) is 19.0 Å². The molecule has 1 aromatic heterocycles. The van der Waals surface area contributed by atoms with Crippen LogP contribution in [0.4, 0.5) is 5.69 Å². The highest BCUT2D eigenvalue weighted by atomic mass is 16.6. The molecule has 21 heavy (non-hydrogen) atoms. The van der Waals surface area contributed by atoms with Gasteiger partial charge in [0.2, 0.25) is 5.75 Å². The lowest BCUT2D eigenvalue weighted by molar-refractivity contribution is -0.385. The van der Waals surface area contributed by atoms with Crippen molar-refractivity contribution in [2.24, 2.45) is 0 Å². The van der Waals surface area contributed by atoms with Gasteiger partial charge in [0.25, 0.3) is 5.91 Å². The van der Waals surface area contributed by atoms with Crippen molar-refractivity contribution >= 4 is 11.6 Å². The van der Waals surface area contributed by atoms with Gasteiger partial charge in [0.05, 0.1) is 17.6 Å². The normalized spacial score (nSPS) is 10.1. The van der Waals surface area contributed by atoms with Crippen LogP contribution in [0.15, 0.2) is 24.5 Å². The second-order valence-corrected chi connectivity index (χ2v) is 4.05. The van der Waals surface area contributed by atoms with Gasteiger partial charge in [0.15, 0.2) is 0 Å². The first-order valence-electron chi connectivity index (χ1n) is 6.07. The van der Waals surface area contributed by atoms with E-state index in [1.54, 1.807) is 0 Å². The molecule has 0 spiro atoms. The molecule has 0 unspecified atom stereocenters. The zero-order chi connectivity index (χ0) is 15.2. The molecule has 2 rings (SSSR count). The lowest BCUT2D eigenvalue weighted by Gasteiger charge is -2.09. The SMILES string of the molecule is COc1c(C(=O)NCCc2ncn[nH]2)cccc1[N+](=O)[O-]. The number of aromatic amines is 1. The summed E-state index contributed by atoms with van der Waals surface area (Å²) in [5.74, 6) is 0.135. The van der Waals surface area contributed by atoms with Crippen LogP contribution in [0.1, 0.15) is 16.2 Å². The van der Waals surface area contributed by atoms with E-state index >= 15 is 0 Å². The summed E-state index contributed by atoms with van der Waals surface area (Å²) in [6.07, 6.45) is 1.85. The van der Waals surface area contributed by atoms with Gasteiger partial charge in [-0.15, -0.1) is 0 Å². The third-order valence-corrected chi connectivity index (χ3v) is 2.75. The Bertz CT molecular complexity index is 641. The number of nitro benzene ring substituents is 1. The van der Waals surface area contributed by atoms with Crippen molar-refractivity contribution in [3.8, 4) is 5.75 Å². The second kappa shape index (κ2) is 6.46. The van der Waals surface area contributed by atoms with Crippen molar-refractivity contribution in [2.75, 3.05) is 13.7 Å². The van der Waals surface area contributed by atoms with Crippen LogP contribution >= 0.6 is 0 Å². The molecule has 0 bridgehead atoms. The van der Waals surface area contributed by atoms with Crippen molar-refractivity contribution < 1.29 is 14.5 Å². The molecular weight excluding hydrogens is 278 g/mol. The molecular formula is C12H13N5O4. The molecule has 1 amide bonds. The fourth-order valence-electron chi connectivity index (χ4n) is 1.80. The molecule has 0 saturated heterocycles. The van der Waals surface area contributed by atoms with Gasteiger partial charge < -0.3 is 10.1 Å². The molecule has 0 fully saturated rings. The van der Waals surface area contributed by atoms with E-state index in [0.717, 1.165) is 0 Å². The number of para-hydroxylation sites is 1. The summed E-state index contributed by atoms with van der Waals surface area (Å²) in [4.78, 5) is 26.3. The Morgan fingerprint density at radius 3 is 2.95 bits per heavy atom. The Morgan fingerprint density at radius 1 is 1.52 bits per heavy atom. The fourth-order valence-corrected chi connectivity index (χ4v) is 1.80. The number of rotatable bonds is 6. The van der Waals surface area contributed by atoms with Crippen LogP contribution < -0.4 is 10.1 Å². The number of carbonyl (C=O) groups excluding carboxylic acids is 1. The zero-order valence-corrected chi connectivity index (χ0v) is 11.2. The summed E-state index contributed by atoms with van der Waals surface area (Å²) in [5, 5.41) is 19.9. The number of aromatic nitrogens is 3.